The molecule has 0 unspecified atom stereocenters. The van der Waals surface area contributed by atoms with Crippen molar-refractivity contribution in [3.8, 4) is 0 Å². The average Bonchev–Trinajstić information content (AvgIpc) is 2.66. The highest BCUT2D eigenvalue weighted by atomic mass is 35.5. The minimum Gasteiger partial charge on any atom is -0.456 e. The van der Waals surface area contributed by atoms with Gasteiger partial charge in [0.1, 0.15) is 11.6 Å². The summed E-state index contributed by atoms with van der Waals surface area (Å²) in [7, 11) is 0. The van der Waals surface area contributed by atoms with Crippen LogP contribution in [0.25, 0.3) is 0 Å². The lowest BCUT2D eigenvalue weighted by atomic mass is 10.2. The molecule has 10 heteroatoms. The zero-order valence-electron chi connectivity index (χ0n) is 14.9. The van der Waals surface area contributed by atoms with Crippen molar-refractivity contribution in [2.24, 2.45) is 0 Å². The summed E-state index contributed by atoms with van der Waals surface area (Å²) in [6.07, 6.45) is 0.123. The fraction of sp³-hybridized carbons (Fsp3) is 0.211. The van der Waals surface area contributed by atoms with Gasteiger partial charge in [-0.25, -0.2) is 8.78 Å². The summed E-state index contributed by atoms with van der Waals surface area (Å²) in [5, 5.41) is 5.33. The number of rotatable bonds is 8. The normalized spacial score (nSPS) is 10.3. The van der Waals surface area contributed by atoms with Gasteiger partial charge in [-0.3, -0.25) is 14.4 Å². The van der Waals surface area contributed by atoms with Crippen LogP contribution in [-0.2, 0) is 14.3 Å². The Morgan fingerprint density at radius 3 is 2.38 bits per heavy atom. The average molecular weight is 445 g/mol. The fourth-order valence-corrected chi connectivity index (χ4v) is 2.71. The molecule has 154 valence electrons. The van der Waals surface area contributed by atoms with Crippen molar-refractivity contribution in [1.29, 1.82) is 0 Å². The second-order valence-corrected chi connectivity index (χ2v) is 6.60. The third-order valence-corrected chi connectivity index (χ3v) is 4.24. The van der Waals surface area contributed by atoms with Crippen molar-refractivity contribution in [3.05, 3.63) is 63.6 Å². The van der Waals surface area contributed by atoms with Crippen LogP contribution in [0, 0.1) is 11.6 Å². The Morgan fingerprint density at radius 2 is 1.72 bits per heavy atom. The zero-order chi connectivity index (χ0) is 21.4. The van der Waals surface area contributed by atoms with E-state index in [9.17, 15) is 23.2 Å². The van der Waals surface area contributed by atoms with Crippen LogP contribution in [0.1, 0.15) is 23.2 Å². The molecule has 0 fully saturated rings. The maximum Gasteiger partial charge on any atom is 0.306 e. The van der Waals surface area contributed by atoms with Gasteiger partial charge >= 0.3 is 5.97 Å². The minimum absolute atomic E-state index is 0.0617. The topological polar surface area (TPSA) is 84.5 Å². The van der Waals surface area contributed by atoms with E-state index in [0.717, 1.165) is 12.1 Å². The van der Waals surface area contributed by atoms with Gasteiger partial charge in [-0.15, -0.1) is 0 Å². The molecule has 0 aromatic heterocycles. The standard InChI is InChI=1S/C19H16Cl2F2N2O4/c20-13-3-1-4-14(21)18(13)25-16(26)10-29-17(27)5-2-8-24-19(28)12-7-6-11(22)9-15(12)23/h1,3-4,6-7,9H,2,5,8,10H2,(H,24,28)(H,25,26). The molecule has 6 nitrogen and oxygen atoms in total. The maximum absolute atomic E-state index is 13.5. The molecular formula is C19H16Cl2F2N2O4. The van der Waals surface area contributed by atoms with Crippen LogP contribution in [0.3, 0.4) is 0 Å². The molecule has 0 aliphatic rings. The van der Waals surface area contributed by atoms with Crippen molar-refractivity contribution < 1.29 is 27.9 Å². The summed E-state index contributed by atoms with van der Waals surface area (Å²) in [6.45, 7) is -0.473. The highest BCUT2D eigenvalue weighted by Gasteiger charge is 2.14. The second kappa shape index (κ2) is 10.7. The number of ether oxygens (including phenoxy) is 1. The van der Waals surface area contributed by atoms with Gasteiger partial charge in [0.15, 0.2) is 6.61 Å². The van der Waals surface area contributed by atoms with E-state index in [-0.39, 0.29) is 40.7 Å². The first kappa shape index (κ1) is 22.6. The molecule has 2 rings (SSSR count). The number of benzene rings is 2. The minimum atomic E-state index is -0.980. The summed E-state index contributed by atoms with van der Waals surface area (Å²) in [5.74, 6) is -3.78. The maximum atomic E-state index is 13.5. The highest BCUT2D eigenvalue weighted by molar-refractivity contribution is 6.39. The van der Waals surface area contributed by atoms with Crippen molar-refractivity contribution in [1.82, 2.24) is 5.32 Å². The van der Waals surface area contributed by atoms with Crippen LogP contribution < -0.4 is 10.6 Å². The molecule has 2 aromatic carbocycles. The number of anilines is 1. The molecule has 0 atom stereocenters. The Labute approximate surface area is 175 Å². The van der Waals surface area contributed by atoms with E-state index >= 15 is 0 Å². The number of amides is 2. The number of nitrogens with one attached hydrogen (secondary N) is 2. The van der Waals surface area contributed by atoms with Crippen molar-refractivity contribution in [2.75, 3.05) is 18.5 Å². The first-order valence-electron chi connectivity index (χ1n) is 8.40. The molecule has 0 bridgehead atoms. The molecule has 0 saturated heterocycles. The van der Waals surface area contributed by atoms with Gasteiger partial charge in [0.05, 0.1) is 21.3 Å². The van der Waals surface area contributed by atoms with E-state index in [2.05, 4.69) is 10.6 Å². The monoisotopic (exact) mass is 444 g/mol. The summed E-state index contributed by atoms with van der Waals surface area (Å²) in [6, 6.07) is 7.30. The third-order valence-electron chi connectivity index (χ3n) is 3.61. The van der Waals surface area contributed by atoms with Gasteiger partial charge in [0.25, 0.3) is 11.8 Å². The van der Waals surface area contributed by atoms with E-state index in [1.165, 1.54) is 0 Å². The van der Waals surface area contributed by atoms with E-state index in [4.69, 9.17) is 27.9 Å². The summed E-state index contributed by atoms with van der Waals surface area (Å²) < 4.78 is 31.2. The molecule has 29 heavy (non-hydrogen) atoms. The zero-order valence-corrected chi connectivity index (χ0v) is 16.4. The lowest BCUT2D eigenvalue weighted by molar-refractivity contribution is -0.147. The van der Waals surface area contributed by atoms with Gasteiger partial charge in [0, 0.05) is 19.0 Å². The van der Waals surface area contributed by atoms with Crippen LogP contribution in [0.5, 0.6) is 0 Å². The Balaban J connectivity index is 1.68. The number of hydrogen-bond acceptors (Lipinski definition) is 4. The van der Waals surface area contributed by atoms with Crippen molar-refractivity contribution in [2.45, 2.75) is 12.8 Å². The highest BCUT2D eigenvalue weighted by Crippen LogP contribution is 2.29. The molecule has 0 saturated carbocycles. The molecule has 0 heterocycles. The smallest absolute Gasteiger partial charge is 0.306 e. The predicted molar refractivity (Wildman–Crippen MR) is 104 cm³/mol. The first-order chi connectivity index (χ1) is 13.8. The fourth-order valence-electron chi connectivity index (χ4n) is 2.21. The number of halogens is 4. The number of para-hydroxylation sites is 1. The third kappa shape index (κ3) is 6.99. The Hall–Kier alpha value is -2.71. The molecule has 2 N–H and O–H groups in total. The molecule has 2 amide bonds. The molecule has 0 spiro atoms. The van der Waals surface area contributed by atoms with E-state index in [1.54, 1.807) is 18.2 Å². The largest absolute Gasteiger partial charge is 0.456 e. The lowest BCUT2D eigenvalue weighted by Gasteiger charge is -2.10. The molecular weight excluding hydrogens is 429 g/mol. The Morgan fingerprint density at radius 1 is 1.03 bits per heavy atom. The SMILES string of the molecule is O=C(COC(=O)CCCNC(=O)c1ccc(F)cc1F)Nc1c(Cl)cccc1Cl. The van der Waals surface area contributed by atoms with Crippen LogP contribution in [-0.4, -0.2) is 30.9 Å². The van der Waals surface area contributed by atoms with E-state index < -0.39 is 36.0 Å². The number of carbonyl (C=O) groups is 3. The number of hydrogen-bond donors (Lipinski definition) is 2. The van der Waals surface area contributed by atoms with Gasteiger partial charge in [-0.1, -0.05) is 29.3 Å². The Bertz CT molecular complexity index is 905. The molecule has 2 aromatic rings. The predicted octanol–water partition coefficient (Wildman–Crippen LogP) is 3.96. The summed E-state index contributed by atoms with van der Waals surface area (Å²) in [4.78, 5) is 35.3. The summed E-state index contributed by atoms with van der Waals surface area (Å²) in [5.41, 5.74) is -0.0866. The Kier molecular flexibility index (Phi) is 8.35. The number of carbonyl (C=O) groups excluding carboxylic acids is 3. The van der Waals surface area contributed by atoms with Crippen LogP contribution in [0.2, 0.25) is 10.0 Å². The van der Waals surface area contributed by atoms with Gasteiger partial charge in [-0.2, -0.15) is 0 Å². The van der Waals surface area contributed by atoms with Gasteiger partial charge < -0.3 is 15.4 Å². The second-order valence-electron chi connectivity index (χ2n) is 5.79. The lowest BCUT2D eigenvalue weighted by Crippen LogP contribution is -2.26. The van der Waals surface area contributed by atoms with Crippen molar-refractivity contribution >= 4 is 46.7 Å². The summed E-state index contributed by atoms with van der Waals surface area (Å²) >= 11 is 11.8. The first-order valence-corrected chi connectivity index (χ1v) is 9.16. The van der Waals surface area contributed by atoms with Gasteiger partial charge in [-0.05, 0) is 30.7 Å². The molecule has 0 aliphatic heterocycles. The van der Waals surface area contributed by atoms with Gasteiger partial charge in [0.2, 0.25) is 0 Å². The quantitative estimate of drug-likeness (QED) is 0.476. The van der Waals surface area contributed by atoms with Crippen LogP contribution in [0.15, 0.2) is 36.4 Å². The molecule has 0 aliphatic carbocycles. The van der Waals surface area contributed by atoms with Crippen molar-refractivity contribution in [3.63, 3.8) is 0 Å². The molecule has 0 radical (unpaired) electrons. The number of esters is 1. The van der Waals surface area contributed by atoms with Crippen LogP contribution in [0.4, 0.5) is 14.5 Å². The van der Waals surface area contributed by atoms with E-state index in [0.29, 0.717) is 6.07 Å². The van der Waals surface area contributed by atoms with E-state index in [1.807, 2.05) is 0 Å². The van der Waals surface area contributed by atoms with Crippen LogP contribution >= 0.6 is 23.2 Å².